The maximum absolute atomic E-state index is 8.62. The lowest BCUT2D eigenvalue weighted by molar-refractivity contribution is 0.0702. The lowest BCUT2D eigenvalue weighted by Crippen LogP contribution is -2.16. The van der Waals surface area contributed by atoms with E-state index in [1.54, 1.807) is 0 Å². The highest BCUT2D eigenvalue weighted by atomic mass is 16.5. The van der Waals surface area contributed by atoms with Gasteiger partial charge in [-0.3, -0.25) is 0 Å². The van der Waals surface area contributed by atoms with Crippen LogP contribution >= 0.6 is 0 Å². The van der Waals surface area contributed by atoms with Gasteiger partial charge in [0.2, 0.25) is 0 Å². The minimum atomic E-state index is 0.0563. The summed E-state index contributed by atoms with van der Waals surface area (Å²) < 4.78 is 11.0. The minimum Gasteiger partial charge on any atom is -0.491 e. The van der Waals surface area contributed by atoms with Crippen molar-refractivity contribution >= 4 is 0 Å². The van der Waals surface area contributed by atoms with E-state index in [1.165, 1.54) is 29.5 Å². The van der Waals surface area contributed by atoms with Crippen molar-refractivity contribution in [2.75, 3.05) is 26.4 Å². The predicted octanol–water partition coefficient (Wildman–Crippen LogP) is 1.94. The summed E-state index contributed by atoms with van der Waals surface area (Å²) >= 11 is 0. The van der Waals surface area contributed by atoms with Crippen molar-refractivity contribution in [3.63, 3.8) is 0 Å². The van der Waals surface area contributed by atoms with Crippen LogP contribution in [0.2, 0.25) is 0 Å². The van der Waals surface area contributed by atoms with Gasteiger partial charge < -0.3 is 19.9 Å². The first-order chi connectivity index (χ1) is 9.70. The van der Waals surface area contributed by atoms with Crippen LogP contribution in [-0.4, -0.2) is 37.6 Å². The number of benzene rings is 1. The number of hydrogen-bond donors (Lipinski definition) is 2. The van der Waals surface area contributed by atoms with Crippen LogP contribution in [0.25, 0.3) is 0 Å². The molecule has 1 aromatic rings. The third-order valence-electron chi connectivity index (χ3n) is 3.40. The third kappa shape index (κ3) is 4.78. The Hall–Kier alpha value is -1.10. The molecule has 0 atom stereocenters. The molecule has 1 aliphatic carbocycles. The monoisotopic (exact) mass is 279 g/mol. The van der Waals surface area contributed by atoms with E-state index in [-0.39, 0.29) is 6.61 Å². The molecule has 0 saturated heterocycles. The number of aryl methyl sites for hydroxylation is 2. The number of hydrogen-bond acceptors (Lipinski definition) is 4. The van der Waals surface area contributed by atoms with Crippen molar-refractivity contribution in [3.8, 4) is 5.75 Å². The van der Waals surface area contributed by atoms with E-state index in [1.807, 2.05) is 0 Å². The van der Waals surface area contributed by atoms with Gasteiger partial charge in [-0.25, -0.2) is 0 Å². The number of rotatable bonds is 9. The molecule has 0 aliphatic heterocycles. The van der Waals surface area contributed by atoms with Gasteiger partial charge in [0.15, 0.2) is 0 Å². The molecule has 1 fully saturated rings. The second kappa shape index (κ2) is 7.62. The molecule has 0 radical (unpaired) electrons. The maximum Gasteiger partial charge on any atom is 0.125 e. The highest BCUT2D eigenvalue weighted by Crippen LogP contribution is 2.26. The normalized spacial score (nSPS) is 14.6. The molecule has 0 heterocycles. The van der Waals surface area contributed by atoms with Crippen LogP contribution in [0.15, 0.2) is 12.1 Å². The fraction of sp³-hybridized carbons (Fsp3) is 0.625. The van der Waals surface area contributed by atoms with Crippen molar-refractivity contribution in [2.24, 2.45) is 0 Å². The molecule has 0 aromatic heterocycles. The van der Waals surface area contributed by atoms with E-state index in [0.717, 1.165) is 18.3 Å². The highest BCUT2D eigenvalue weighted by Gasteiger charge is 2.20. The standard InChI is InChI=1S/C16H25NO3/c1-12-9-14(11-17-15-3-4-15)10-13(2)16(12)20-8-7-19-6-5-18/h9-10,15,17-18H,3-8,11H2,1-2H3. The molecule has 0 unspecified atom stereocenters. The fourth-order valence-electron chi connectivity index (χ4n) is 2.29. The van der Waals surface area contributed by atoms with Crippen LogP contribution in [0.5, 0.6) is 5.75 Å². The largest absolute Gasteiger partial charge is 0.491 e. The Kier molecular flexibility index (Phi) is 5.83. The van der Waals surface area contributed by atoms with Crippen LogP contribution in [0, 0.1) is 13.8 Å². The van der Waals surface area contributed by atoms with Gasteiger partial charge in [0.05, 0.1) is 19.8 Å². The van der Waals surface area contributed by atoms with E-state index in [2.05, 4.69) is 31.3 Å². The molecule has 1 saturated carbocycles. The van der Waals surface area contributed by atoms with Crippen molar-refractivity contribution in [1.29, 1.82) is 0 Å². The van der Waals surface area contributed by atoms with E-state index < -0.39 is 0 Å². The summed E-state index contributed by atoms with van der Waals surface area (Å²) in [6.07, 6.45) is 2.62. The average Bonchev–Trinajstić information content (AvgIpc) is 3.23. The lowest BCUT2D eigenvalue weighted by Gasteiger charge is -2.14. The first-order valence-electron chi connectivity index (χ1n) is 7.35. The first kappa shape index (κ1) is 15.3. The Labute approximate surface area is 121 Å². The molecule has 4 heteroatoms. The summed E-state index contributed by atoms with van der Waals surface area (Å²) in [7, 11) is 0. The van der Waals surface area contributed by atoms with Crippen LogP contribution in [0.1, 0.15) is 29.5 Å². The summed E-state index contributed by atoms with van der Waals surface area (Å²) in [5.41, 5.74) is 3.65. The molecule has 112 valence electrons. The minimum absolute atomic E-state index is 0.0563. The van der Waals surface area contributed by atoms with E-state index >= 15 is 0 Å². The van der Waals surface area contributed by atoms with Crippen molar-refractivity contribution < 1.29 is 14.6 Å². The Morgan fingerprint density at radius 2 is 1.85 bits per heavy atom. The number of aliphatic hydroxyl groups excluding tert-OH is 1. The smallest absolute Gasteiger partial charge is 0.125 e. The second-order valence-corrected chi connectivity index (χ2v) is 5.40. The SMILES string of the molecule is Cc1cc(CNC2CC2)cc(C)c1OCCOCCO. The summed E-state index contributed by atoms with van der Waals surface area (Å²) in [6, 6.07) is 5.11. The van der Waals surface area contributed by atoms with Gasteiger partial charge in [0, 0.05) is 12.6 Å². The zero-order chi connectivity index (χ0) is 14.4. The summed E-state index contributed by atoms with van der Waals surface area (Å²) in [4.78, 5) is 0. The van der Waals surface area contributed by atoms with Gasteiger partial charge in [-0.15, -0.1) is 0 Å². The Balaban J connectivity index is 1.84. The second-order valence-electron chi connectivity index (χ2n) is 5.40. The van der Waals surface area contributed by atoms with Crippen molar-refractivity contribution in [1.82, 2.24) is 5.32 Å². The summed E-state index contributed by atoms with van der Waals surface area (Å²) in [5, 5.41) is 12.2. The molecule has 4 nitrogen and oxygen atoms in total. The summed E-state index contributed by atoms with van der Waals surface area (Å²) in [6.45, 7) is 6.54. The third-order valence-corrected chi connectivity index (χ3v) is 3.40. The van der Waals surface area contributed by atoms with Gasteiger partial charge in [-0.2, -0.15) is 0 Å². The summed E-state index contributed by atoms with van der Waals surface area (Å²) in [5.74, 6) is 0.952. The molecule has 20 heavy (non-hydrogen) atoms. The van der Waals surface area contributed by atoms with E-state index in [9.17, 15) is 0 Å². The van der Waals surface area contributed by atoms with Crippen LogP contribution in [0.4, 0.5) is 0 Å². The van der Waals surface area contributed by atoms with Crippen LogP contribution in [-0.2, 0) is 11.3 Å². The van der Waals surface area contributed by atoms with Gasteiger partial charge in [0.1, 0.15) is 12.4 Å². The highest BCUT2D eigenvalue weighted by molar-refractivity contribution is 5.43. The zero-order valence-electron chi connectivity index (χ0n) is 12.4. The number of aliphatic hydroxyl groups is 1. The molecule has 0 spiro atoms. The average molecular weight is 279 g/mol. The quantitative estimate of drug-likeness (QED) is 0.678. The molecule has 0 amide bonds. The predicted molar refractivity (Wildman–Crippen MR) is 79.2 cm³/mol. The van der Waals surface area contributed by atoms with Gasteiger partial charge in [-0.1, -0.05) is 12.1 Å². The Morgan fingerprint density at radius 3 is 2.45 bits per heavy atom. The van der Waals surface area contributed by atoms with Crippen molar-refractivity contribution in [3.05, 3.63) is 28.8 Å². The molecule has 2 rings (SSSR count). The molecule has 1 aromatic carbocycles. The topological polar surface area (TPSA) is 50.7 Å². The van der Waals surface area contributed by atoms with Crippen molar-refractivity contribution in [2.45, 2.75) is 39.3 Å². The Bertz CT molecular complexity index is 407. The molecular formula is C16H25NO3. The molecule has 1 aliphatic rings. The van der Waals surface area contributed by atoms with E-state index in [0.29, 0.717) is 19.8 Å². The molecule has 0 bridgehead atoms. The van der Waals surface area contributed by atoms with Gasteiger partial charge in [0.25, 0.3) is 0 Å². The van der Waals surface area contributed by atoms with Crippen LogP contribution in [0.3, 0.4) is 0 Å². The first-order valence-corrected chi connectivity index (χ1v) is 7.35. The van der Waals surface area contributed by atoms with E-state index in [4.69, 9.17) is 14.6 Å². The number of ether oxygens (including phenoxy) is 2. The Morgan fingerprint density at radius 1 is 1.15 bits per heavy atom. The molecule has 2 N–H and O–H groups in total. The van der Waals surface area contributed by atoms with Gasteiger partial charge in [-0.05, 0) is 43.4 Å². The zero-order valence-corrected chi connectivity index (χ0v) is 12.4. The van der Waals surface area contributed by atoms with Gasteiger partial charge >= 0.3 is 0 Å². The fourth-order valence-corrected chi connectivity index (χ4v) is 2.29. The lowest BCUT2D eigenvalue weighted by atomic mass is 10.1. The van der Waals surface area contributed by atoms with Crippen LogP contribution < -0.4 is 10.1 Å². The number of nitrogens with one attached hydrogen (secondary N) is 1. The maximum atomic E-state index is 8.62. The molecular weight excluding hydrogens is 254 g/mol.